The molecule has 2 N–H and O–H groups in total. The van der Waals surface area contributed by atoms with Crippen LogP contribution in [-0.4, -0.2) is 37.8 Å². The van der Waals surface area contributed by atoms with Crippen LogP contribution in [0, 0.1) is 12.3 Å². The summed E-state index contributed by atoms with van der Waals surface area (Å²) in [5.74, 6) is 2.86. The van der Waals surface area contributed by atoms with Crippen molar-refractivity contribution in [3.63, 3.8) is 0 Å². The van der Waals surface area contributed by atoms with E-state index < -0.39 is 5.60 Å². The second-order valence-electron chi connectivity index (χ2n) is 8.13. The number of rotatable bonds is 11. The summed E-state index contributed by atoms with van der Waals surface area (Å²) in [6, 6.07) is 1.83. The fraction of sp³-hybridized carbons (Fsp3) is 0.609. The molecule has 0 radical (unpaired) electrons. The van der Waals surface area contributed by atoms with Crippen LogP contribution in [0.2, 0.25) is 5.28 Å². The normalized spacial score (nSPS) is 20.8. The minimum Gasteiger partial charge on any atom is -0.392 e. The Balaban J connectivity index is 1.64. The maximum Gasteiger partial charge on any atom is 0.226 e. The minimum absolute atomic E-state index is 0.0436. The van der Waals surface area contributed by atoms with Crippen LogP contribution in [0.1, 0.15) is 77.4 Å². The fourth-order valence-corrected chi connectivity index (χ4v) is 4.14. The van der Waals surface area contributed by atoms with Gasteiger partial charge in [-0.15, -0.1) is 6.42 Å². The highest BCUT2D eigenvalue weighted by atomic mass is 35.5. The van der Waals surface area contributed by atoms with Crippen molar-refractivity contribution in [1.29, 1.82) is 0 Å². The lowest BCUT2D eigenvalue weighted by molar-refractivity contribution is -0.116. The summed E-state index contributed by atoms with van der Waals surface area (Å²) in [6.45, 7) is 1.96. The first-order valence-corrected chi connectivity index (χ1v) is 11.5. The first-order valence-electron chi connectivity index (χ1n) is 11.1. The number of nitrogens with zero attached hydrogens (tertiary/aromatic N) is 3. The standard InChI is InChI=1S/C23H31ClN4O3/c1-3-5-6-7-8-9-10-11-18(30)25-20-17-13-15-28(21(17)27-22(24)26-20)19-12-14-23(4-2,16-29)31-19/h2,13,15,19,29H,3,5-12,14,16H2,1H3,(H,25,26,27,30)/t19-,23+/m1/s1. The lowest BCUT2D eigenvalue weighted by Crippen LogP contribution is -2.31. The smallest absolute Gasteiger partial charge is 0.226 e. The van der Waals surface area contributed by atoms with E-state index >= 15 is 0 Å². The molecule has 3 rings (SSSR count). The van der Waals surface area contributed by atoms with Crippen molar-refractivity contribution < 1.29 is 14.6 Å². The number of unbranched alkanes of at least 4 members (excludes halogenated alkanes) is 6. The number of hydrogen-bond acceptors (Lipinski definition) is 5. The van der Waals surface area contributed by atoms with Gasteiger partial charge in [0.15, 0.2) is 5.60 Å². The van der Waals surface area contributed by atoms with Crippen molar-refractivity contribution in [1.82, 2.24) is 14.5 Å². The molecule has 0 aromatic carbocycles. The van der Waals surface area contributed by atoms with Crippen molar-refractivity contribution in [2.45, 2.75) is 83.0 Å². The Morgan fingerprint density at radius 2 is 2.10 bits per heavy atom. The second kappa shape index (κ2) is 10.9. The van der Waals surface area contributed by atoms with Gasteiger partial charge in [0.1, 0.15) is 17.7 Å². The van der Waals surface area contributed by atoms with Gasteiger partial charge in [-0.1, -0.05) is 51.4 Å². The van der Waals surface area contributed by atoms with E-state index in [-0.39, 0.29) is 24.0 Å². The monoisotopic (exact) mass is 446 g/mol. The van der Waals surface area contributed by atoms with Crippen molar-refractivity contribution in [2.24, 2.45) is 0 Å². The van der Waals surface area contributed by atoms with Crippen molar-refractivity contribution in [3.8, 4) is 12.3 Å². The lowest BCUT2D eigenvalue weighted by Gasteiger charge is -2.21. The number of hydrogen-bond donors (Lipinski definition) is 2. The molecule has 31 heavy (non-hydrogen) atoms. The molecular weight excluding hydrogens is 416 g/mol. The molecule has 3 heterocycles. The van der Waals surface area contributed by atoms with Crippen LogP contribution in [0.5, 0.6) is 0 Å². The zero-order valence-electron chi connectivity index (χ0n) is 18.1. The molecule has 7 nitrogen and oxygen atoms in total. The Labute approximate surface area is 188 Å². The van der Waals surface area contributed by atoms with E-state index in [1.54, 1.807) is 0 Å². The summed E-state index contributed by atoms with van der Waals surface area (Å²) in [6.07, 6.45) is 16.7. The molecule has 2 aromatic heterocycles. The second-order valence-corrected chi connectivity index (χ2v) is 8.47. The third-order valence-corrected chi connectivity index (χ3v) is 5.96. The maximum atomic E-state index is 12.4. The highest BCUT2D eigenvalue weighted by molar-refractivity contribution is 6.28. The molecule has 0 saturated carbocycles. The SMILES string of the molecule is C#C[C@@]1(CO)CC[C@H](n2ccc3c(NC(=O)CCCCCCCCC)nc(Cl)nc32)O1. The number of aliphatic hydroxyl groups excluding tert-OH is 1. The van der Waals surface area contributed by atoms with Crippen molar-refractivity contribution >= 4 is 34.4 Å². The van der Waals surface area contributed by atoms with Gasteiger partial charge >= 0.3 is 0 Å². The summed E-state index contributed by atoms with van der Waals surface area (Å²) >= 11 is 6.14. The molecule has 0 aliphatic carbocycles. The lowest BCUT2D eigenvalue weighted by atomic mass is 10.0. The summed E-state index contributed by atoms with van der Waals surface area (Å²) in [5, 5.41) is 13.2. The summed E-state index contributed by atoms with van der Waals surface area (Å²) in [7, 11) is 0. The third-order valence-electron chi connectivity index (χ3n) is 5.80. The topological polar surface area (TPSA) is 89.3 Å². The highest BCUT2D eigenvalue weighted by Gasteiger charge is 2.39. The summed E-state index contributed by atoms with van der Waals surface area (Å²) in [5.41, 5.74) is -0.423. The van der Waals surface area contributed by atoms with Gasteiger partial charge < -0.3 is 19.7 Å². The average molecular weight is 447 g/mol. The van der Waals surface area contributed by atoms with Crippen LogP contribution in [0.4, 0.5) is 5.82 Å². The number of terminal acetylenes is 1. The minimum atomic E-state index is -0.980. The molecule has 1 aliphatic heterocycles. The molecule has 1 fully saturated rings. The number of ether oxygens (including phenoxy) is 1. The van der Waals surface area contributed by atoms with E-state index in [1.807, 2.05) is 16.8 Å². The Bertz CT molecular complexity index is 939. The molecule has 1 amide bonds. The van der Waals surface area contributed by atoms with E-state index in [1.165, 1.54) is 25.7 Å². The van der Waals surface area contributed by atoms with Crippen LogP contribution in [-0.2, 0) is 9.53 Å². The quantitative estimate of drug-likeness (QED) is 0.293. The highest BCUT2D eigenvalue weighted by Crippen LogP contribution is 2.38. The molecule has 1 saturated heterocycles. The molecule has 0 spiro atoms. The largest absolute Gasteiger partial charge is 0.392 e. The van der Waals surface area contributed by atoms with Gasteiger partial charge in [-0.05, 0) is 36.9 Å². The van der Waals surface area contributed by atoms with Crippen LogP contribution in [0.25, 0.3) is 11.0 Å². The van der Waals surface area contributed by atoms with Gasteiger partial charge in [0.05, 0.1) is 12.0 Å². The number of fused-ring (bicyclic) bond motifs is 1. The molecular formula is C23H31ClN4O3. The van der Waals surface area contributed by atoms with E-state index in [0.29, 0.717) is 36.1 Å². The van der Waals surface area contributed by atoms with Crippen LogP contribution in [0.3, 0.4) is 0 Å². The van der Waals surface area contributed by atoms with Crippen LogP contribution < -0.4 is 5.32 Å². The van der Waals surface area contributed by atoms with E-state index in [2.05, 4.69) is 28.1 Å². The van der Waals surface area contributed by atoms with Gasteiger partial charge in [-0.3, -0.25) is 4.79 Å². The zero-order valence-corrected chi connectivity index (χ0v) is 18.8. The number of aromatic nitrogens is 3. The van der Waals surface area contributed by atoms with E-state index in [4.69, 9.17) is 22.8 Å². The van der Waals surface area contributed by atoms with Crippen molar-refractivity contribution in [2.75, 3.05) is 11.9 Å². The number of aliphatic hydroxyl groups is 1. The van der Waals surface area contributed by atoms with E-state index in [9.17, 15) is 9.90 Å². The van der Waals surface area contributed by atoms with E-state index in [0.717, 1.165) is 19.3 Å². The first-order chi connectivity index (χ1) is 15.0. The summed E-state index contributed by atoms with van der Waals surface area (Å²) < 4.78 is 7.77. The molecule has 2 atom stereocenters. The van der Waals surface area contributed by atoms with Gasteiger partial charge in [-0.25, -0.2) is 0 Å². The number of nitrogens with one attached hydrogen (secondary N) is 1. The number of anilines is 1. The summed E-state index contributed by atoms with van der Waals surface area (Å²) in [4.78, 5) is 21.0. The van der Waals surface area contributed by atoms with Gasteiger partial charge in [0.25, 0.3) is 0 Å². The van der Waals surface area contributed by atoms with Crippen LogP contribution in [0.15, 0.2) is 12.3 Å². The Morgan fingerprint density at radius 1 is 1.35 bits per heavy atom. The number of carbonyl (C=O) groups excluding carboxylic acids is 1. The van der Waals surface area contributed by atoms with Gasteiger partial charge in [-0.2, -0.15) is 9.97 Å². The molecule has 0 unspecified atom stereocenters. The zero-order chi connectivity index (χ0) is 22.3. The fourth-order valence-electron chi connectivity index (χ4n) is 3.97. The predicted molar refractivity (Wildman–Crippen MR) is 122 cm³/mol. The molecule has 2 aromatic rings. The predicted octanol–water partition coefficient (Wildman–Crippen LogP) is 4.84. The molecule has 1 aliphatic rings. The van der Waals surface area contributed by atoms with Crippen molar-refractivity contribution in [3.05, 3.63) is 17.5 Å². The number of halogens is 1. The number of amides is 1. The Morgan fingerprint density at radius 3 is 2.77 bits per heavy atom. The van der Waals surface area contributed by atoms with Gasteiger partial charge in [0, 0.05) is 12.6 Å². The number of carbonyl (C=O) groups is 1. The Kier molecular flexibility index (Phi) is 8.30. The first kappa shape index (κ1) is 23.5. The Hall–Kier alpha value is -2.14. The maximum absolute atomic E-state index is 12.4. The third kappa shape index (κ3) is 5.76. The average Bonchev–Trinajstić information content (AvgIpc) is 3.37. The molecule has 0 bridgehead atoms. The van der Waals surface area contributed by atoms with Crippen LogP contribution >= 0.6 is 11.6 Å². The van der Waals surface area contributed by atoms with Gasteiger partial charge in [0.2, 0.25) is 11.2 Å². The molecule has 8 heteroatoms. The molecule has 168 valence electrons.